The van der Waals surface area contributed by atoms with Crippen LogP contribution in [0.5, 0.6) is 0 Å². The fourth-order valence-electron chi connectivity index (χ4n) is 4.26. The molecule has 0 fully saturated rings. The van der Waals surface area contributed by atoms with Crippen molar-refractivity contribution < 1.29 is 30.0 Å². The molecule has 0 unspecified atom stereocenters. The summed E-state index contributed by atoms with van der Waals surface area (Å²) >= 11 is 0. The molecule has 0 aliphatic carbocycles. The molecule has 0 amide bonds. The van der Waals surface area contributed by atoms with E-state index >= 15 is 0 Å². The Kier molecular flexibility index (Phi) is 9.29. The van der Waals surface area contributed by atoms with Crippen molar-refractivity contribution in [2.24, 2.45) is 0 Å². The predicted molar refractivity (Wildman–Crippen MR) is 146 cm³/mol. The van der Waals surface area contributed by atoms with Gasteiger partial charge in [-0.2, -0.15) is 0 Å². The summed E-state index contributed by atoms with van der Waals surface area (Å²) in [5, 5.41) is 13.4. The van der Waals surface area contributed by atoms with Crippen LogP contribution in [0.15, 0.2) is 54.6 Å². The molecular weight excluding hydrogens is 629 g/mol. The summed E-state index contributed by atoms with van der Waals surface area (Å²) in [6.07, 6.45) is 5.17. The Morgan fingerprint density at radius 3 is 2.23 bits per heavy atom. The smallest absolute Gasteiger partial charge is 0.155 e. The van der Waals surface area contributed by atoms with E-state index in [1.807, 2.05) is 12.4 Å². The van der Waals surface area contributed by atoms with Crippen molar-refractivity contribution in [1.82, 2.24) is 9.97 Å². The van der Waals surface area contributed by atoms with Crippen LogP contribution in [0.3, 0.4) is 0 Å². The zero-order chi connectivity index (χ0) is 25.2. The summed E-state index contributed by atoms with van der Waals surface area (Å²) < 4.78 is 0. The summed E-state index contributed by atoms with van der Waals surface area (Å²) in [7, 11) is -1.48. The second-order valence-corrected chi connectivity index (χ2v) is 15.0. The molecule has 0 spiro atoms. The molecule has 0 bridgehead atoms. The molecule has 0 saturated carbocycles. The summed E-state index contributed by atoms with van der Waals surface area (Å²) in [6.45, 7) is 16.3. The molecule has 1 N–H and O–H groups in total. The van der Waals surface area contributed by atoms with E-state index in [0.29, 0.717) is 0 Å². The Morgan fingerprint density at radius 1 is 1.00 bits per heavy atom. The van der Waals surface area contributed by atoms with Gasteiger partial charge >= 0.3 is 0 Å². The topological polar surface area (TPSA) is 63.1 Å². The Balaban J connectivity index is 0.000000476. The summed E-state index contributed by atoms with van der Waals surface area (Å²) in [4.78, 5) is 19.7. The fraction of sp³-hybridized carbons (Fsp3) is 0.276. The minimum atomic E-state index is -1.48. The maximum Gasteiger partial charge on any atom is 0.155 e. The average Bonchev–Trinajstić information content (AvgIpc) is 2.71. The Bertz CT molecular complexity index is 1400. The van der Waals surface area contributed by atoms with Crippen molar-refractivity contribution in [3.63, 3.8) is 0 Å². The molecule has 4 rings (SSSR count). The van der Waals surface area contributed by atoms with Gasteiger partial charge in [0.2, 0.25) is 0 Å². The molecule has 0 aliphatic heterocycles. The number of fused-ring (bicyclic) bond motifs is 3. The number of carbonyl (C=O) groups is 1. The Hall–Kier alpha value is -2.66. The number of allylic oxidation sites excluding steroid dienone is 2. The number of nitrogens with zero attached hydrogens (tertiary/aromatic N) is 2. The monoisotopic (exact) mass is 662 g/mol. The van der Waals surface area contributed by atoms with E-state index in [1.165, 1.54) is 47.0 Å². The van der Waals surface area contributed by atoms with Crippen LogP contribution in [0.2, 0.25) is 19.6 Å². The molecule has 2 aromatic heterocycles. The van der Waals surface area contributed by atoms with Gasteiger partial charge in [-0.05, 0) is 48.0 Å². The van der Waals surface area contributed by atoms with Gasteiger partial charge in [-0.1, -0.05) is 51.7 Å². The number of aryl methyl sites for hydroxylation is 3. The van der Waals surface area contributed by atoms with E-state index < -0.39 is 8.07 Å². The van der Waals surface area contributed by atoms with Gasteiger partial charge in [0.25, 0.3) is 0 Å². The van der Waals surface area contributed by atoms with Crippen molar-refractivity contribution >= 4 is 40.7 Å². The molecule has 35 heavy (non-hydrogen) atoms. The molecule has 2 heterocycles. The van der Waals surface area contributed by atoms with Gasteiger partial charge in [0.15, 0.2) is 5.78 Å². The SMILES string of the molecule is CC(=O)/C=C(/C)O.Cc1[c-]c(-c2ncc(C)c3c2cnc2c([Si](C)(C)C)cccc23)cc(C)c1.[Ir]. The number of aromatic nitrogens is 2. The number of benzene rings is 2. The molecule has 0 atom stereocenters. The van der Waals surface area contributed by atoms with Crippen LogP contribution in [-0.2, 0) is 24.9 Å². The van der Waals surface area contributed by atoms with Crippen LogP contribution in [0.1, 0.15) is 30.5 Å². The second kappa shape index (κ2) is 11.4. The van der Waals surface area contributed by atoms with Gasteiger partial charge in [0, 0.05) is 44.0 Å². The molecule has 4 aromatic rings. The first-order valence-corrected chi connectivity index (χ1v) is 14.9. The number of para-hydroxylation sites is 1. The number of hydrogen-bond acceptors (Lipinski definition) is 4. The van der Waals surface area contributed by atoms with Crippen molar-refractivity contribution in [2.75, 3.05) is 0 Å². The molecule has 185 valence electrons. The maximum atomic E-state index is 10.0. The van der Waals surface area contributed by atoms with Crippen LogP contribution in [0.4, 0.5) is 0 Å². The summed E-state index contributed by atoms with van der Waals surface area (Å²) in [6, 6.07) is 14.4. The molecular formula is C29H33IrN2O2Si-. The molecule has 0 saturated heterocycles. The quantitative estimate of drug-likeness (QED) is 0.0868. The summed E-state index contributed by atoms with van der Waals surface area (Å²) in [5.41, 5.74) is 6.71. The first kappa shape index (κ1) is 28.6. The Morgan fingerprint density at radius 2 is 1.69 bits per heavy atom. The van der Waals surface area contributed by atoms with Gasteiger partial charge < -0.3 is 10.1 Å². The first-order valence-electron chi connectivity index (χ1n) is 11.4. The second-order valence-electron chi connectivity index (χ2n) is 9.94. The number of pyridine rings is 2. The average molecular weight is 662 g/mol. The third kappa shape index (κ3) is 6.72. The number of aliphatic hydroxyl groups excluding tert-OH is 1. The number of aliphatic hydroxyl groups is 1. The van der Waals surface area contributed by atoms with E-state index in [4.69, 9.17) is 15.1 Å². The predicted octanol–water partition coefficient (Wildman–Crippen LogP) is 6.76. The number of hydrogen-bond donors (Lipinski definition) is 1. The van der Waals surface area contributed by atoms with Crippen LogP contribution >= 0.6 is 0 Å². The van der Waals surface area contributed by atoms with Crippen LogP contribution in [0, 0.1) is 26.8 Å². The van der Waals surface area contributed by atoms with Crippen LogP contribution in [-0.4, -0.2) is 28.9 Å². The van der Waals surface area contributed by atoms with E-state index in [1.54, 1.807) is 0 Å². The fourth-order valence-corrected chi connectivity index (χ4v) is 5.77. The normalized spacial score (nSPS) is 11.6. The van der Waals surface area contributed by atoms with Gasteiger partial charge in [0.05, 0.1) is 19.3 Å². The molecule has 1 radical (unpaired) electrons. The molecule has 0 aliphatic rings. The van der Waals surface area contributed by atoms with Crippen LogP contribution in [0.25, 0.3) is 32.9 Å². The van der Waals surface area contributed by atoms with E-state index in [-0.39, 0.29) is 31.6 Å². The molecule has 2 aromatic carbocycles. The third-order valence-corrected chi connectivity index (χ3v) is 7.58. The first-order chi connectivity index (χ1) is 15.9. The zero-order valence-corrected chi connectivity index (χ0v) is 25.1. The minimum Gasteiger partial charge on any atom is -0.512 e. The zero-order valence-electron chi connectivity index (χ0n) is 21.7. The largest absolute Gasteiger partial charge is 0.512 e. The minimum absolute atomic E-state index is 0. The van der Waals surface area contributed by atoms with Gasteiger partial charge in [-0.15, -0.1) is 34.9 Å². The van der Waals surface area contributed by atoms with Gasteiger partial charge in [-0.3, -0.25) is 9.78 Å². The maximum absolute atomic E-state index is 10.0. The number of rotatable bonds is 3. The standard InChI is InChI=1S/C24H25N2Si.C5H8O2.Ir/c1-15-10-16(2)12-18(11-15)23-20-14-26-24-19(22(20)17(3)13-25-23)8-7-9-21(24)27(4,5)6;1-4(6)3-5(2)7;/h7-11,13-14H,1-6H3;3,6H,1-2H3;/q-1;;/b;4-3-;. The Labute approximate surface area is 222 Å². The number of carbonyl (C=O) groups excluding carboxylic acids is 1. The van der Waals surface area contributed by atoms with Crippen molar-refractivity contribution in [1.29, 1.82) is 0 Å². The van der Waals surface area contributed by atoms with E-state index in [9.17, 15) is 4.79 Å². The molecule has 4 nitrogen and oxygen atoms in total. The summed E-state index contributed by atoms with van der Waals surface area (Å²) in [5.74, 6) is -0.0625. The van der Waals surface area contributed by atoms with Gasteiger partial charge in [-0.25, -0.2) is 0 Å². The van der Waals surface area contributed by atoms with E-state index in [0.717, 1.165) is 27.7 Å². The molecule has 6 heteroatoms. The van der Waals surface area contributed by atoms with Gasteiger partial charge in [0.1, 0.15) is 0 Å². The number of ketones is 1. The van der Waals surface area contributed by atoms with Crippen molar-refractivity contribution in [3.8, 4) is 11.3 Å². The van der Waals surface area contributed by atoms with Crippen LogP contribution < -0.4 is 5.19 Å². The third-order valence-electron chi connectivity index (χ3n) is 5.56. The van der Waals surface area contributed by atoms with E-state index in [2.05, 4.69) is 76.8 Å². The van der Waals surface area contributed by atoms with Crippen molar-refractivity contribution in [2.45, 2.75) is 54.3 Å². The van der Waals surface area contributed by atoms with Crippen molar-refractivity contribution in [3.05, 3.63) is 77.3 Å².